The Balaban J connectivity index is 1.95. The van der Waals surface area contributed by atoms with Crippen LogP contribution in [0, 0.1) is 17.0 Å². The van der Waals surface area contributed by atoms with Gasteiger partial charge in [-0.05, 0) is 44.0 Å². The third-order valence-electron chi connectivity index (χ3n) is 4.08. The molecular weight excluding hydrogens is 344 g/mol. The lowest BCUT2D eigenvalue weighted by Gasteiger charge is -2.15. The van der Waals surface area contributed by atoms with Crippen LogP contribution in [0.15, 0.2) is 47.4 Å². The van der Waals surface area contributed by atoms with Crippen LogP contribution >= 0.6 is 0 Å². The summed E-state index contributed by atoms with van der Waals surface area (Å²) in [4.78, 5) is 10.7. The number of benzene rings is 2. The molecule has 0 saturated carbocycles. The fourth-order valence-electron chi connectivity index (χ4n) is 2.70. The van der Waals surface area contributed by atoms with Crippen LogP contribution in [-0.4, -0.2) is 30.7 Å². The van der Waals surface area contributed by atoms with Gasteiger partial charge in [0.1, 0.15) is 5.75 Å². The fraction of sp³-hybridized carbons (Fsp3) is 0.294. The fourth-order valence-corrected chi connectivity index (χ4v) is 4.24. The van der Waals surface area contributed by atoms with Gasteiger partial charge in [-0.2, -0.15) is 4.31 Å². The molecule has 0 unspecified atom stereocenters. The Morgan fingerprint density at radius 3 is 2.32 bits per heavy atom. The predicted molar refractivity (Wildman–Crippen MR) is 92.3 cm³/mol. The van der Waals surface area contributed by atoms with E-state index in [0.29, 0.717) is 18.8 Å². The molecule has 8 heteroatoms. The van der Waals surface area contributed by atoms with Crippen molar-refractivity contribution in [3.63, 3.8) is 0 Å². The summed E-state index contributed by atoms with van der Waals surface area (Å²) in [5.74, 6) is 0.457. The molecule has 2 aromatic rings. The van der Waals surface area contributed by atoms with Crippen LogP contribution in [0.4, 0.5) is 5.69 Å². The number of rotatable bonds is 5. The molecule has 7 nitrogen and oxygen atoms in total. The van der Waals surface area contributed by atoms with Gasteiger partial charge in [0, 0.05) is 19.2 Å². The molecule has 1 heterocycles. The Labute approximate surface area is 146 Å². The van der Waals surface area contributed by atoms with Crippen molar-refractivity contribution < 1.29 is 18.1 Å². The third kappa shape index (κ3) is 3.64. The maximum atomic E-state index is 12.6. The van der Waals surface area contributed by atoms with Crippen molar-refractivity contribution in [2.24, 2.45) is 0 Å². The van der Waals surface area contributed by atoms with E-state index in [2.05, 4.69) is 0 Å². The zero-order chi connectivity index (χ0) is 18.0. The van der Waals surface area contributed by atoms with Crippen molar-refractivity contribution in [2.75, 3.05) is 13.1 Å². The highest BCUT2D eigenvalue weighted by Gasteiger charge is 2.29. The molecule has 0 spiro atoms. The standard InChI is InChI=1S/C17H18N2O5S/c1-13-4-6-14(7-5-13)24-17-9-8-15(12-16(17)19(20)21)25(22,23)18-10-2-3-11-18/h4-9,12H,2-3,10-11H2,1H3. The molecule has 0 aromatic heterocycles. The van der Waals surface area contributed by atoms with E-state index < -0.39 is 14.9 Å². The molecule has 0 amide bonds. The van der Waals surface area contributed by atoms with Crippen LogP contribution in [0.3, 0.4) is 0 Å². The first kappa shape index (κ1) is 17.4. The zero-order valence-corrected chi connectivity index (χ0v) is 14.5. The van der Waals surface area contributed by atoms with E-state index >= 15 is 0 Å². The summed E-state index contributed by atoms with van der Waals surface area (Å²) in [6.45, 7) is 2.81. The third-order valence-corrected chi connectivity index (χ3v) is 5.97. The van der Waals surface area contributed by atoms with Gasteiger partial charge in [0.2, 0.25) is 15.8 Å². The van der Waals surface area contributed by atoms with Crippen molar-refractivity contribution >= 4 is 15.7 Å². The highest BCUT2D eigenvalue weighted by atomic mass is 32.2. The molecule has 3 rings (SSSR count). The van der Waals surface area contributed by atoms with Gasteiger partial charge in [0.05, 0.1) is 9.82 Å². The summed E-state index contributed by atoms with van der Waals surface area (Å²) in [6.07, 6.45) is 1.60. The van der Waals surface area contributed by atoms with Crippen molar-refractivity contribution in [1.29, 1.82) is 0 Å². The zero-order valence-electron chi connectivity index (χ0n) is 13.7. The number of nitrogens with zero attached hydrogens (tertiary/aromatic N) is 2. The summed E-state index contributed by atoms with van der Waals surface area (Å²) in [5.41, 5.74) is 0.662. The predicted octanol–water partition coefficient (Wildman–Crippen LogP) is 3.48. The number of aryl methyl sites for hydroxylation is 1. The molecule has 1 aliphatic heterocycles. The van der Waals surface area contributed by atoms with Crippen LogP contribution in [0.25, 0.3) is 0 Å². The van der Waals surface area contributed by atoms with Gasteiger partial charge in [0.25, 0.3) is 0 Å². The van der Waals surface area contributed by atoms with Crippen molar-refractivity contribution in [1.82, 2.24) is 4.31 Å². The number of hydrogen-bond acceptors (Lipinski definition) is 5. The maximum Gasteiger partial charge on any atom is 0.312 e. The van der Waals surface area contributed by atoms with E-state index in [4.69, 9.17) is 4.74 Å². The van der Waals surface area contributed by atoms with Crippen molar-refractivity contribution in [3.8, 4) is 11.5 Å². The highest BCUT2D eigenvalue weighted by Crippen LogP contribution is 2.34. The summed E-state index contributed by atoms with van der Waals surface area (Å²) in [7, 11) is -3.72. The maximum absolute atomic E-state index is 12.6. The Bertz CT molecular complexity index is 888. The van der Waals surface area contributed by atoms with Crippen LogP contribution < -0.4 is 4.74 Å². The van der Waals surface area contributed by atoms with Gasteiger partial charge in [-0.1, -0.05) is 17.7 Å². The largest absolute Gasteiger partial charge is 0.450 e. The van der Waals surface area contributed by atoms with Gasteiger partial charge < -0.3 is 4.74 Å². The van der Waals surface area contributed by atoms with Gasteiger partial charge in [0.15, 0.2) is 0 Å². The molecule has 0 atom stereocenters. The lowest BCUT2D eigenvalue weighted by Crippen LogP contribution is -2.27. The Morgan fingerprint density at radius 2 is 1.72 bits per heavy atom. The Morgan fingerprint density at radius 1 is 1.08 bits per heavy atom. The summed E-state index contributed by atoms with van der Waals surface area (Å²) in [5, 5.41) is 11.4. The minimum atomic E-state index is -3.72. The van der Waals surface area contributed by atoms with Crippen LogP contribution in [-0.2, 0) is 10.0 Å². The van der Waals surface area contributed by atoms with Gasteiger partial charge in [-0.15, -0.1) is 0 Å². The molecule has 0 radical (unpaired) electrons. The lowest BCUT2D eigenvalue weighted by molar-refractivity contribution is -0.385. The summed E-state index contributed by atoms with van der Waals surface area (Å²) in [6, 6.07) is 10.8. The molecule has 132 valence electrons. The molecular formula is C17H18N2O5S. The summed E-state index contributed by atoms with van der Waals surface area (Å²) < 4.78 is 32.1. The number of ether oxygens (including phenoxy) is 1. The second-order valence-electron chi connectivity index (χ2n) is 5.91. The lowest BCUT2D eigenvalue weighted by atomic mass is 10.2. The monoisotopic (exact) mass is 362 g/mol. The van der Waals surface area contributed by atoms with E-state index in [1.807, 2.05) is 19.1 Å². The van der Waals surface area contributed by atoms with E-state index in [0.717, 1.165) is 24.5 Å². The Hall–Kier alpha value is -2.45. The van der Waals surface area contributed by atoms with Crippen molar-refractivity contribution in [3.05, 3.63) is 58.1 Å². The van der Waals surface area contributed by atoms with E-state index in [-0.39, 0.29) is 16.3 Å². The first-order valence-electron chi connectivity index (χ1n) is 7.91. The van der Waals surface area contributed by atoms with Gasteiger partial charge in [-0.25, -0.2) is 8.42 Å². The Kier molecular flexibility index (Phi) is 4.73. The van der Waals surface area contributed by atoms with Crippen molar-refractivity contribution in [2.45, 2.75) is 24.7 Å². The molecule has 0 bridgehead atoms. The van der Waals surface area contributed by atoms with Gasteiger partial charge in [-0.3, -0.25) is 10.1 Å². The number of sulfonamides is 1. The molecule has 0 aliphatic carbocycles. The minimum absolute atomic E-state index is 0.00854. The summed E-state index contributed by atoms with van der Waals surface area (Å²) >= 11 is 0. The molecule has 1 fully saturated rings. The van der Waals surface area contributed by atoms with E-state index in [1.165, 1.54) is 16.4 Å². The molecule has 25 heavy (non-hydrogen) atoms. The van der Waals surface area contributed by atoms with E-state index in [9.17, 15) is 18.5 Å². The second kappa shape index (κ2) is 6.81. The average molecular weight is 362 g/mol. The first-order valence-corrected chi connectivity index (χ1v) is 9.35. The van der Waals surface area contributed by atoms with Crippen LogP contribution in [0.5, 0.6) is 11.5 Å². The average Bonchev–Trinajstić information content (AvgIpc) is 3.12. The SMILES string of the molecule is Cc1ccc(Oc2ccc(S(=O)(=O)N3CCCC3)cc2[N+](=O)[O-])cc1. The first-order chi connectivity index (χ1) is 11.9. The number of hydrogen-bond donors (Lipinski definition) is 0. The molecule has 0 N–H and O–H groups in total. The molecule has 1 aliphatic rings. The normalized spacial score (nSPS) is 15.2. The topological polar surface area (TPSA) is 89.8 Å². The van der Waals surface area contributed by atoms with Gasteiger partial charge >= 0.3 is 5.69 Å². The number of nitro groups is 1. The molecule has 1 saturated heterocycles. The minimum Gasteiger partial charge on any atom is -0.450 e. The van der Waals surface area contributed by atoms with E-state index in [1.54, 1.807) is 12.1 Å². The smallest absolute Gasteiger partial charge is 0.312 e. The quantitative estimate of drug-likeness (QED) is 0.600. The van der Waals surface area contributed by atoms with Crippen LogP contribution in [0.1, 0.15) is 18.4 Å². The number of nitro benzene ring substituents is 1. The highest BCUT2D eigenvalue weighted by molar-refractivity contribution is 7.89. The molecule has 2 aromatic carbocycles. The van der Waals surface area contributed by atoms with Crippen LogP contribution in [0.2, 0.25) is 0 Å². The second-order valence-corrected chi connectivity index (χ2v) is 7.85.